The fourth-order valence-corrected chi connectivity index (χ4v) is 1.95. The quantitative estimate of drug-likeness (QED) is 0.407. The van der Waals surface area contributed by atoms with Crippen molar-refractivity contribution < 1.29 is 73.7 Å². The zero-order valence-corrected chi connectivity index (χ0v) is 19.6. The molecule has 159 valence electrons. The molecule has 0 amide bonds. The number of carbonyl (C=O) groups excluding carboxylic acids is 1. The number of esters is 1. The Labute approximate surface area is 181 Å². The van der Waals surface area contributed by atoms with Crippen molar-refractivity contribution in [3.05, 3.63) is 0 Å². The Bertz CT molecular complexity index is 490. The van der Waals surface area contributed by atoms with E-state index in [0.717, 1.165) is 0 Å². The standard InChI is InChI=1S/C17H28F6O3.Y/c1-12(2,3)14(6,7)11(24)26-13(4,5)9-8-10-15(25,16(18,19)20)17(21,22)23;/h25H,8-10H2,1-7H3;. The molecule has 0 unspecified atom stereocenters. The van der Waals surface area contributed by atoms with Gasteiger partial charge in [0.1, 0.15) is 5.60 Å². The van der Waals surface area contributed by atoms with Crippen LogP contribution in [0.1, 0.15) is 67.7 Å². The molecule has 0 saturated heterocycles. The van der Waals surface area contributed by atoms with Gasteiger partial charge in [0, 0.05) is 32.7 Å². The molecule has 0 aromatic rings. The van der Waals surface area contributed by atoms with Gasteiger partial charge >= 0.3 is 18.3 Å². The maximum Gasteiger partial charge on any atom is 0.426 e. The molecule has 0 aliphatic carbocycles. The Morgan fingerprint density at radius 2 is 1.19 bits per heavy atom. The van der Waals surface area contributed by atoms with E-state index >= 15 is 0 Å². The second-order valence-corrected chi connectivity index (χ2v) is 8.73. The van der Waals surface area contributed by atoms with Crippen LogP contribution in [0.15, 0.2) is 0 Å². The molecular formula is C17H28F6O3Y. The first-order valence-electron chi connectivity index (χ1n) is 8.18. The Kier molecular flexibility index (Phi) is 9.62. The van der Waals surface area contributed by atoms with Gasteiger partial charge < -0.3 is 9.84 Å². The van der Waals surface area contributed by atoms with E-state index < -0.39 is 53.2 Å². The average molecular weight is 483 g/mol. The van der Waals surface area contributed by atoms with Crippen molar-refractivity contribution >= 4 is 5.97 Å². The van der Waals surface area contributed by atoms with Gasteiger partial charge in [0.2, 0.25) is 0 Å². The number of alkyl halides is 6. The molecule has 0 heterocycles. The Hall–Kier alpha value is 0.114. The van der Waals surface area contributed by atoms with Crippen LogP contribution in [0.25, 0.3) is 0 Å². The number of hydrogen-bond acceptors (Lipinski definition) is 3. The van der Waals surface area contributed by atoms with Crippen molar-refractivity contribution in [1.29, 1.82) is 0 Å². The molecule has 27 heavy (non-hydrogen) atoms. The first-order chi connectivity index (χ1) is 11.1. The number of aliphatic hydroxyl groups is 1. The minimum atomic E-state index is -5.85. The van der Waals surface area contributed by atoms with E-state index in [1.807, 2.05) is 20.8 Å². The van der Waals surface area contributed by atoms with Crippen molar-refractivity contribution in [1.82, 2.24) is 0 Å². The predicted octanol–water partition coefficient (Wildman–Crippen LogP) is 5.40. The van der Waals surface area contributed by atoms with E-state index in [1.165, 1.54) is 13.8 Å². The van der Waals surface area contributed by atoms with E-state index in [1.54, 1.807) is 13.8 Å². The first kappa shape index (κ1) is 29.3. The van der Waals surface area contributed by atoms with Crippen LogP contribution >= 0.6 is 0 Å². The molecule has 0 atom stereocenters. The monoisotopic (exact) mass is 483 g/mol. The SMILES string of the molecule is CC(C)(CCCC(O)(C(F)(F)F)C(F)(F)F)OC(=O)C(C)(C)C(C)(C)C.[Y]. The van der Waals surface area contributed by atoms with Gasteiger partial charge in [-0.1, -0.05) is 20.8 Å². The van der Waals surface area contributed by atoms with Crippen LogP contribution in [0.2, 0.25) is 0 Å². The molecule has 0 aliphatic heterocycles. The molecule has 0 saturated carbocycles. The third-order valence-corrected chi connectivity index (χ3v) is 5.01. The van der Waals surface area contributed by atoms with E-state index in [4.69, 9.17) is 9.84 Å². The number of rotatable bonds is 6. The van der Waals surface area contributed by atoms with Crippen molar-refractivity contribution in [2.75, 3.05) is 0 Å². The normalized spacial score (nSPS) is 14.6. The summed E-state index contributed by atoms with van der Waals surface area (Å²) in [5, 5.41) is 9.14. The summed E-state index contributed by atoms with van der Waals surface area (Å²) in [6.45, 7) is 11.6. The number of ether oxygens (including phenoxy) is 1. The molecular weight excluding hydrogens is 455 g/mol. The molecule has 1 radical (unpaired) electrons. The molecule has 1 N–H and O–H groups in total. The average Bonchev–Trinajstić information content (AvgIpc) is 2.33. The maximum atomic E-state index is 12.7. The second-order valence-electron chi connectivity index (χ2n) is 8.73. The van der Waals surface area contributed by atoms with Crippen molar-refractivity contribution in [3.8, 4) is 0 Å². The molecule has 0 aliphatic rings. The molecule has 0 aromatic heterocycles. The van der Waals surface area contributed by atoms with Gasteiger partial charge in [-0.15, -0.1) is 0 Å². The number of halogens is 6. The van der Waals surface area contributed by atoms with Crippen LogP contribution < -0.4 is 0 Å². The molecule has 0 rings (SSSR count). The van der Waals surface area contributed by atoms with Crippen molar-refractivity contribution in [2.24, 2.45) is 10.8 Å². The van der Waals surface area contributed by atoms with Gasteiger partial charge in [0.15, 0.2) is 0 Å². The van der Waals surface area contributed by atoms with Gasteiger partial charge in [-0.2, -0.15) is 26.3 Å². The summed E-state index contributed by atoms with van der Waals surface area (Å²) in [6, 6.07) is 0. The predicted molar refractivity (Wildman–Crippen MR) is 84.3 cm³/mol. The smallest absolute Gasteiger partial charge is 0.426 e. The second kappa shape index (κ2) is 8.86. The Morgan fingerprint density at radius 1 is 0.815 bits per heavy atom. The molecule has 0 fully saturated rings. The fourth-order valence-electron chi connectivity index (χ4n) is 1.95. The van der Waals surface area contributed by atoms with Gasteiger partial charge in [-0.3, -0.25) is 4.79 Å². The van der Waals surface area contributed by atoms with E-state index in [9.17, 15) is 31.1 Å². The van der Waals surface area contributed by atoms with Crippen molar-refractivity contribution in [3.63, 3.8) is 0 Å². The third-order valence-electron chi connectivity index (χ3n) is 5.01. The minimum Gasteiger partial charge on any atom is -0.459 e. The summed E-state index contributed by atoms with van der Waals surface area (Å²) >= 11 is 0. The van der Waals surface area contributed by atoms with Gasteiger partial charge in [-0.05, 0) is 52.4 Å². The van der Waals surface area contributed by atoms with Crippen LogP contribution in [-0.4, -0.2) is 34.6 Å². The largest absolute Gasteiger partial charge is 0.459 e. The Balaban J connectivity index is 0. The van der Waals surface area contributed by atoms with Gasteiger partial charge in [0.25, 0.3) is 5.60 Å². The zero-order chi connectivity index (χ0) is 21.4. The summed E-state index contributed by atoms with van der Waals surface area (Å²) in [5.74, 6) is -0.600. The zero-order valence-electron chi connectivity index (χ0n) is 16.7. The maximum absolute atomic E-state index is 12.7. The topological polar surface area (TPSA) is 46.5 Å². The molecule has 0 aromatic carbocycles. The van der Waals surface area contributed by atoms with Gasteiger partial charge in [0.05, 0.1) is 5.41 Å². The van der Waals surface area contributed by atoms with Crippen molar-refractivity contribution in [2.45, 2.75) is 91.3 Å². The summed E-state index contributed by atoms with van der Waals surface area (Å²) < 4.78 is 81.3. The number of carbonyl (C=O) groups is 1. The molecule has 0 bridgehead atoms. The van der Waals surface area contributed by atoms with Crippen LogP contribution in [-0.2, 0) is 42.2 Å². The van der Waals surface area contributed by atoms with E-state index in [0.29, 0.717) is 0 Å². The summed E-state index contributed by atoms with van der Waals surface area (Å²) in [7, 11) is 0. The van der Waals surface area contributed by atoms with Crippen LogP contribution in [0, 0.1) is 10.8 Å². The van der Waals surface area contributed by atoms with Crippen LogP contribution in [0.5, 0.6) is 0 Å². The number of hydrogen-bond donors (Lipinski definition) is 1. The molecule has 0 spiro atoms. The molecule has 10 heteroatoms. The van der Waals surface area contributed by atoms with E-state index in [2.05, 4.69) is 0 Å². The third kappa shape index (κ3) is 7.14. The summed E-state index contributed by atoms with van der Waals surface area (Å²) in [4.78, 5) is 12.4. The Morgan fingerprint density at radius 3 is 1.48 bits per heavy atom. The first-order valence-corrected chi connectivity index (χ1v) is 8.18. The van der Waals surface area contributed by atoms with E-state index in [-0.39, 0.29) is 39.1 Å². The summed E-state index contributed by atoms with van der Waals surface area (Å²) in [6.07, 6.45) is -14.2. The fraction of sp³-hybridized carbons (Fsp3) is 0.941. The van der Waals surface area contributed by atoms with Gasteiger partial charge in [-0.25, -0.2) is 0 Å². The summed E-state index contributed by atoms with van der Waals surface area (Å²) in [5.41, 5.74) is -7.45. The minimum absolute atomic E-state index is 0. The van der Waals surface area contributed by atoms with Crippen LogP contribution in [0.3, 0.4) is 0 Å². The van der Waals surface area contributed by atoms with Crippen LogP contribution in [0.4, 0.5) is 26.3 Å². The molecule has 3 nitrogen and oxygen atoms in total.